The molecule has 0 aliphatic carbocycles. The Hall–Kier alpha value is -2.50. The summed E-state index contributed by atoms with van der Waals surface area (Å²) in [5.74, 6) is 0.529. The van der Waals surface area contributed by atoms with Gasteiger partial charge in [0, 0.05) is 47.7 Å². The predicted octanol–water partition coefficient (Wildman–Crippen LogP) is 2.80. The molecule has 1 saturated heterocycles. The smallest absolute Gasteiger partial charge is 0.123 e. The number of likely N-dealkylation sites (tertiary alicyclic amines) is 1. The minimum absolute atomic E-state index is 0.364. The highest BCUT2D eigenvalue weighted by atomic mass is 15.1. The van der Waals surface area contributed by atoms with Crippen LogP contribution in [0.4, 0.5) is 5.82 Å². The summed E-state index contributed by atoms with van der Waals surface area (Å²) in [5, 5.41) is 2.34. The second-order valence-electron chi connectivity index (χ2n) is 6.83. The Morgan fingerprint density at radius 1 is 1.04 bits per heavy atom. The normalized spacial score (nSPS) is 16.4. The van der Waals surface area contributed by atoms with Gasteiger partial charge in [0.15, 0.2) is 0 Å². The Morgan fingerprint density at radius 3 is 2.64 bits per heavy atom. The van der Waals surface area contributed by atoms with Crippen molar-refractivity contribution < 1.29 is 0 Å². The van der Waals surface area contributed by atoms with Crippen molar-refractivity contribution in [3.8, 4) is 11.1 Å². The largest absolute Gasteiger partial charge is 0.384 e. The number of nitrogen functional groups attached to an aromatic ring is 1. The summed E-state index contributed by atoms with van der Waals surface area (Å²) < 4.78 is 0. The molecule has 3 heterocycles. The van der Waals surface area contributed by atoms with Crippen LogP contribution in [0.2, 0.25) is 0 Å². The summed E-state index contributed by atoms with van der Waals surface area (Å²) in [6.07, 6.45) is 7.79. The van der Waals surface area contributed by atoms with Crippen LogP contribution in [0.15, 0.2) is 48.9 Å². The van der Waals surface area contributed by atoms with Gasteiger partial charge in [-0.05, 0) is 55.1 Å². The van der Waals surface area contributed by atoms with E-state index in [1.165, 1.54) is 10.9 Å². The highest BCUT2D eigenvalue weighted by molar-refractivity contribution is 5.96. The maximum atomic E-state index is 6.01. The van der Waals surface area contributed by atoms with E-state index >= 15 is 0 Å². The van der Waals surface area contributed by atoms with Crippen molar-refractivity contribution in [2.24, 2.45) is 5.73 Å². The second kappa shape index (κ2) is 6.78. The van der Waals surface area contributed by atoms with Crippen molar-refractivity contribution in [1.29, 1.82) is 0 Å². The van der Waals surface area contributed by atoms with E-state index in [1.807, 2.05) is 30.7 Å². The van der Waals surface area contributed by atoms with Gasteiger partial charge in [-0.15, -0.1) is 0 Å². The number of hydrogen-bond acceptors (Lipinski definition) is 5. The van der Waals surface area contributed by atoms with E-state index in [0.29, 0.717) is 11.9 Å². The van der Waals surface area contributed by atoms with Gasteiger partial charge in [-0.3, -0.25) is 9.88 Å². The fourth-order valence-electron chi connectivity index (χ4n) is 3.47. The molecule has 5 heteroatoms. The van der Waals surface area contributed by atoms with Crippen LogP contribution >= 0.6 is 0 Å². The molecule has 128 valence electrons. The molecule has 0 amide bonds. The van der Waals surface area contributed by atoms with Crippen LogP contribution in [0.5, 0.6) is 0 Å². The van der Waals surface area contributed by atoms with E-state index in [0.717, 1.165) is 49.0 Å². The molecule has 4 N–H and O–H groups in total. The Kier molecular flexibility index (Phi) is 4.34. The highest BCUT2D eigenvalue weighted by Gasteiger charge is 2.16. The lowest BCUT2D eigenvalue weighted by atomic mass is 9.99. The Morgan fingerprint density at radius 2 is 1.88 bits per heavy atom. The Bertz CT molecular complexity index is 867. The predicted molar refractivity (Wildman–Crippen MR) is 102 cm³/mol. The maximum absolute atomic E-state index is 6.01. The molecule has 0 radical (unpaired) electrons. The van der Waals surface area contributed by atoms with Crippen LogP contribution in [-0.4, -0.2) is 34.0 Å². The number of hydrogen-bond donors (Lipinski definition) is 2. The third-order valence-corrected chi connectivity index (χ3v) is 4.96. The summed E-state index contributed by atoms with van der Waals surface area (Å²) in [6, 6.07) is 10.8. The first-order chi connectivity index (χ1) is 12.2. The van der Waals surface area contributed by atoms with Crippen LogP contribution in [0.1, 0.15) is 18.4 Å². The SMILES string of the molecule is Nc1ccc(-c2cncc3ccc(CN4CCC(N)CC4)cc23)cn1. The van der Waals surface area contributed by atoms with Crippen molar-refractivity contribution in [1.82, 2.24) is 14.9 Å². The maximum Gasteiger partial charge on any atom is 0.123 e. The Balaban J connectivity index is 1.67. The summed E-state index contributed by atoms with van der Waals surface area (Å²) >= 11 is 0. The molecule has 1 aromatic carbocycles. The zero-order valence-electron chi connectivity index (χ0n) is 14.2. The zero-order valence-corrected chi connectivity index (χ0v) is 14.2. The van der Waals surface area contributed by atoms with E-state index in [-0.39, 0.29) is 0 Å². The van der Waals surface area contributed by atoms with E-state index in [9.17, 15) is 0 Å². The molecule has 0 spiro atoms. The molecule has 0 saturated carbocycles. The fraction of sp³-hybridized carbons (Fsp3) is 0.300. The average Bonchev–Trinajstić information content (AvgIpc) is 2.64. The molecular weight excluding hydrogens is 310 g/mol. The van der Waals surface area contributed by atoms with Gasteiger partial charge >= 0.3 is 0 Å². The standard InChI is InChI=1S/C20H23N5/c21-17-5-7-25(8-6-17)13-14-1-2-15-10-23-12-19(18(15)9-14)16-3-4-20(22)24-11-16/h1-4,9-12,17H,5-8,13,21H2,(H2,22,24). The van der Waals surface area contributed by atoms with Crippen LogP contribution in [-0.2, 0) is 6.54 Å². The van der Waals surface area contributed by atoms with E-state index in [2.05, 4.69) is 33.1 Å². The first kappa shape index (κ1) is 16.0. The summed E-state index contributed by atoms with van der Waals surface area (Å²) in [5.41, 5.74) is 15.2. The van der Waals surface area contributed by atoms with Gasteiger partial charge < -0.3 is 11.5 Å². The number of nitrogens with two attached hydrogens (primary N) is 2. The first-order valence-electron chi connectivity index (χ1n) is 8.75. The van der Waals surface area contributed by atoms with Gasteiger partial charge in [0.2, 0.25) is 0 Å². The zero-order chi connectivity index (χ0) is 17.2. The van der Waals surface area contributed by atoms with Crippen molar-refractivity contribution in [2.45, 2.75) is 25.4 Å². The number of rotatable bonds is 3. The van der Waals surface area contributed by atoms with Crippen LogP contribution < -0.4 is 11.5 Å². The summed E-state index contributed by atoms with van der Waals surface area (Å²) in [6.45, 7) is 3.11. The molecule has 3 aromatic rings. The van der Waals surface area contributed by atoms with Gasteiger partial charge in [0.1, 0.15) is 5.82 Å². The van der Waals surface area contributed by atoms with Gasteiger partial charge in [-0.25, -0.2) is 4.98 Å². The van der Waals surface area contributed by atoms with Crippen molar-refractivity contribution in [3.63, 3.8) is 0 Å². The molecule has 1 aliphatic heterocycles. The minimum atomic E-state index is 0.364. The lowest BCUT2D eigenvalue weighted by molar-refractivity contribution is 0.206. The van der Waals surface area contributed by atoms with Gasteiger partial charge in [0.25, 0.3) is 0 Å². The van der Waals surface area contributed by atoms with Crippen LogP contribution in [0.25, 0.3) is 21.9 Å². The monoisotopic (exact) mass is 333 g/mol. The third kappa shape index (κ3) is 3.48. The third-order valence-electron chi connectivity index (χ3n) is 4.96. The molecule has 25 heavy (non-hydrogen) atoms. The molecule has 0 unspecified atom stereocenters. The number of aromatic nitrogens is 2. The van der Waals surface area contributed by atoms with E-state index in [1.54, 1.807) is 0 Å². The van der Waals surface area contributed by atoms with Gasteiger partial charge in [-0.1, -0.05) is 12.1 Å². The van der Waals surface area contributed by atoms with Crippen molar-refractivity contribution >= 4 is 16.6 Å². The van der Waals surface area contributed by atoms with E-state index in [4.69, 9.17) is 11.5 Å². The minimum Gasteiger partial charge on any atom is -0.384 e. The average molecular weight is 333 g/mol. The number of fused-ring (bicyclic) bond motifs is 1. The topological polar surface area (TPSA) is 81.1 Å². The fourth-order valence-corrected chi connectivity index (χ4v) is 3.47. The van der Waals surface area contributed by atoms with E-state index < -0.39 is 0 Å². The molecule has 0 atom stereocenters. The molecule has 2 aromatic heterocycles. The number of anilines is 1. The van der Waals surface area contributed by atoms with Crippen molar-refractivity contribution in [2.75, 3.05) is 18.8 Å². The molecule has 1 fully saturated rings. The quantitative estimate of drug-likeness (QED) is 0.770. The first-order valence-corrected chi connectivity index (χ1v) is 8.75. The number of pyridine rings is 2. The highest BCUT2D eigenvalue weighted by Crippen LogP contribution is 2.29. The molecule has 1 aliphatic rings. The molecule has 5 nitrogen and oxygen atoms in total. The van der Waals surface area contributed by atoms with Gasteiger partial charge in [0.05, 0.1) is 0 Å². The Labute approximate surface area is 147 Å². The molecule has 4 rings (SSSR count). The molecular formula is C20H23N5. The summed E-state index contributed by atoms with van der Waals surface area (Å²) in [4.78, 5) is 11.1. The van der Waals surface area contributed by atoms with Crippen LogP contribution in [0, 0.1) is 0 Å². The number of piperidine rings is 1. The van der Waals surface area contributed by atoms with Crippen molar-refractivity contribution in [3.05, 3.63) is 54.5 Å². The van der Waals surface area contributed by atoms with Gasteiger partial charge in [-0.2, -0.15) is 0 Å². The number of nitrogens with zero attached hydrogens (tertiary/aromatic N) is 3. The molecule has 0 bridgehead atoms. The summed E-state index contributed by atoms with van der Waals surface area (Å²) in [7, 11) is 0. The number of benzene rings is 1. The lowest BCUT2D eigenvalue weighted by Crippen LogP contribution is -2.39. The second-order valence-corrected chi connectivity index (χ2v) is 6.83. The lowest BCUT2D eigenvalue weighted by Gasteiger charge is -2.30. The van der Waals surface area contributed by atoms with Crippen LogP contribution in [0.3, 0.4) is 0 Å².